The maximum absolute atomic E-state index is 14.0. The molecule has 1 atom stereocenters. The monoisotopic (exact) mass is 470 g/mol. The van der Waals surface area contributed by atoms with Crippen LogP contribution in [0.2, 0.25) is 0 Å². The number of methoxy groups -OCH3 is 1. The Balaban J connectivity index is 2.24. The van der Waals surface area contributed by atoms with Crippen LogP contribution in [-0.4, -0.2) is 50.0 Å². The van der Waals surface area contributed by atoms with Crippen LogP contribution in [0, 0.1) is 0 Å². The molecule has 1 N–H and O–H groups in total. The molecule has 0 unspecified atom stereocenters. The number of halogens is 3. The normalized spacial score (nSPS) is 16.8. The van der Waals surface area contributed by atoms with Crippen molar-refractivity contribution in [3.05, 3.63) is 8.66 Å². The SMILES string of the molecule is COC(=O)c1sc(Br)c2c1N(C[C@@H](C)NC(=O)OC(C)(C)C)CC(F)(F)O2. The molecule has 0 saturated heterocycles. The maximum Gasteiger partial charge on any atom is 0.416 e. The van der Waals surface area contributed by atoms with Crippen LogP contribution in [0.1, 0.15) is 37.4 Å². The van der Waals surface area contributed by atoms with Crippen molar-refractivity contribution in [1.82, 2.24) is 5.32 Å². The first kappa shape index (κ1) is 21.7. The van der Waals surface area contributed by atoms with E-state index in [4.69, 9.17) is 14.2 Å². The summed E-state index contributed by atoms with van der Waals surface area (Å²) in [7, 11) is 1.21. The average molecular weight is 471 g/mol. The zero-order valence-corrected chi connectivity index (χ0v) is 17.9. The lowest BCUT2D eigenvalue weighted by Gasteiger charge is -2.36. The number of rotatable bonds is 4. The molecule has 0 spiro atoms. The summed E-state index contributed by atoms with van der Waals surface area (Å²) in [5.41, 5.74) is -0.471. The maximum atomic E-state index is 14.0. The zero-order valence-electron chi connectivity index (χ0n) is 15.5. The summed E-state index contributed by atoms with van der Waals surface area (Å²) in [6, 6.07) is -0.536. The van der Waals surface area contributed by atoms with Crippen LogP contribution in [0.15, 0.2) is 3.79 Å². The quantitative estimate of drug-likeness (QED) is 0.670. The first-order valence-electron chi connectivity index (χ1n) is 8.05. The van der Waals surface area contributed by atoms with E-state index in [1.807, 2.05) is 0 Å². The molecule has 0 aliphatic carbocycles. The highest BCUT2D eigenvalue weighted by Crippen LogP contribution is 2.50. The molecule has 152 valence electrons. The third-order valence-corrected chi connectivity index (χ3v) is 5.15. The molecule has 1 aromatic heterocycles. The first-order valence-corrected chi connectivity index (χ1v) is 9.66. The van der Waals surface area contributed by atoms with Gasteiger partial charge in [-0.15, -0.1) is 11.3 Å². The van der Waals surface area contributed by atoms with Gasteiger partial charge >= 0.3 is 18.2 Å². The van der Waals surface area contributed by atoms with Crippen LogP contribution in [-0.2, 0) is 9.47 Å². The standard InChI is InChI=1S/C16H21BrF2N2O5S/c1-8(20-14(23)26-15(2,3)4)6-21-7-16(18,19)25-10-9(21)11(13(22)24-5)27-12(10)17/h8H,6-7H2,1-5H3,(H,20,23)/t8-/m1/s1. The molecule has 1 aliphatic heterocycles. The Morgan fingerprint density at radius 2 is 2.07 bits per heavy atom. The summed E-state index contributed by atoms with van der Waals surface area (Å²) in [6.07, 6.45) is -4.11. The van der Waals surface area contributed by atoms with Crippen molar-refractivity contribution in [2.45, 2.75) is 45.4 Å². The summed E-state index contributed by atoms with van der Waals surface area (Å²) in [4.78, 5) is 25.4. The van der Waals surface area contributed by atoms with Crippen LogP contribution < -0.4 is 15.0 Å². The molecule has 0 aromatic carbocycles. The van der Waals surface area contributed by atoms with Crippen molar-refractivity contribution in [3.8, 4) is 5.75 Å². The fraction of sp³-hybridized carbons (Fsp3) is 0.625. The lowest BCUT2D eigenvalue weighted by atomic mass is 10.2. The fourth-order valence-corrected chi connectivity index (χ4v) is 4.16. The van der Waals surface area contributed by atoms with Gasteiger partial charge in [-0.05, 0) is 43.6 Å². The number of alkyl carbamates (subject to hydrolysis) is 1. The van der Waals surface area contributed by atoms with Gasteiger partial charge in [0.15, 0.2) is 5.75 Å². The number of carbonyl (C=O) groups excluding carboxylic acids is 2. The average Bonchev–Trinajstić information content (AvgIpc) is 2.80. The number of alkyl halides is 2. The highest BCUT2D eigenvalue weighted by molar-refractivity contribution is 9.11. The van der Waals surface area contributed by atoms with Crippen molar-refractivity contribution in [3.63, 3.8) is 0 Å². The van der Waals surface area contributed by atoms with Gasteiger partial charge in [0.05, 0.1) is 7.11 Å². The Bertz CT molecular complexity index is 735. The molecular formula is C16H21BrF2N2O5S. The van der Waals surface area contributed by atoms with Crippen LogP contribution >= 0.6 is 27.3 Å². The van der Waals surface area contributed by atoms with Crippen molar-refractivity contribution in [1.29, 1.82) is 0 Å². The largest absolute Gasteiger partial charge is 0.465 e. The lowest BCUT2D eigenvalue weighted by Crippen LogP contribution is -2.50. The molecular weight excluding hydrogens is 450 g/mol. The molecule has 1 amide bonds. The number of esters is 1. The number of hydrogen-bond acceptors (Lipinski definition) is 7. The number of amides is 1. The predicted molar refractivity (Wildman–Crippen MR) is 100.0 cm³/mol. The zero-order chi connectivity index (χ0) is 20.6. The summed E-state index contributed by atoms with van der Waals surface area (Å²) in [5.74, 6) is -0.783. The molecule has 1 aromatic rings. The van der Waals surface area contributed by atoms with Gasteiger partial charge in [-0.1, -0.05) is 0 Å². The predicted octanol–water partition coefficient (Wildman–Crippen LogP) is 4.00. The number of nitrogens with zero attached hydrogens (tertiary/aromatic N) is 1. The van der Waals surface area contributed by atoms with E-state index in [0.29, 0.717) is 0 Å². The molecule has 7 nitrogen and oxygen atoms in total. The first-order chi connectivity index (χ1) is 12.3. The molecule has 0 bridgehead atoms. The molecule has 2 heterocycles. The van der Waals surface area contributed by atoms with Gasteiger partial charge in [0.1, 0.15) is 26.5 Å². The Morgan fingerprint density at radius 3 is 2.63 bits per heavy atom. The minimum atomic E-state index is -3.45. The Kier molecular flexibility index (Phi) is 6.25. The molecule has 0 saturated carbocycles. The van der Waals surface area contributed by atoms with Crippen LogP contribution in [0.5, 0.6) is 5.75 Å². The van der Waals surface area contributed by atoms with E-state index in [-0.39, 0.29) is 26.6 Å². The Morgan fingerprint density at radius 1 is 1.44 bits per heavy atom. The number of ether oxygens (including phenoxy) is 3. The smallest absolute Gasteiger partial charge is 0.416 e. The van der Waals surface area contributed by atoms with Gasteiger partial charge in [-0.3, -0.25) is 0 Å². The number of carbonyl (C=O) groups is 2. The van der Waals surface area contributed by atoms with Gasteiger partial charge in [-0.2, -0.15) is 8.78 Å². The Labute approximate surface area is 168 Å². The number of hydrogen-bond donors (Lipinski definition) is 1. The highest BCUT2D eigenvalue weighted by Gasteiger charge is 2.45. The molecule has 0 fully saturated rings. The number of nitrogens with one attached hydrogen (secondary N) is 1. The van der Waals surface area contributed by atoms with Crippen molar-refractivity contribution in [2.24, 2.45) is 0 Å². The second-order valence-corrected chi connectivity index (χ2v) is 9.38. The second kappa shape index (κ2) is 7.78. The van der Waals surface area contributed by atoms with Gasteiger partial charge < -0.3 is 24.4 Å². The van der Waals surface area contributed by atoms with Crippen LogP contribution in [0.3, 0.4) is 0 Å². The Hall–Kier alpha value is -1.62. The van der Waals surface area contributed by atoms with Crippen molar-refractivity contribution in [2.75, 3.05) is 25.1 Å². The van der Waals surface area contributed by atoms with Gasteiger partial charge in [0.2, 0.25) is 0 Å². The van der Waals surface area contributed by atoms with E-state index in [1.54, 1.807) is 27.7 Å². The topological polar surface area (TPSA) is 77.1 Å². The van der Waals surface area contributed by atoms with Gasteiger partial charge in [-0.25, -0.2) is 9.59 Å². The minimum absolute atomic E-state index is 0.0123. The molecule has 27 heavy (non-hydrogen) atoms. The van der Waals surface area contributed by atoms with Gasteiger partial charge in [0.25, 0.3) is 0 Å². The van der Waals surface area contributed by atoms with E-state index < -0.39 is 36.4 Å². The van der Waals surface area contributed by atoms with Crippen LogP contribution in [0.25, 0.3) is 0 Å². The second-order valence-electron chi connectivity index (χ2n) is 7.04. The van der Waals surface area contributed by atoms with E-state index in [9.17, 15) is 18.4 Å². The highest BCUT2D eigenvalue weighted by atomic mass is 79.9. The third-order valence-electron chi connectivity index (χ3n) is 3.37. The van der Waals surface area contributed by atoms with Crippen molar-refractivity contribution < 1.29 is 32.6 Å². The summed E-state index contributed by atoms with van der Waals surface area (Å²) < 4.78 is 43.0. The molecule has 1 aliphatic rings. The van der Waals surface area contributed by atoms with E-state index in [2.05, 4.69) is 21.2 Å². The molecule has 11 heteroatoms. The van der Waals surface area contributed by atoms with Crippen LogP contribution in [0.4, 0.5) is 19.3 Å². The minimum Gasteiger partial charge on any atom is -0.465 e. The van der Waals surface area contributed by atoms with Gasteiger partial charge in [0, 0.05) is 12.6 Å². The lowest BCUT2D eigenvalue weighted by molar-refractivity contribution is -0.172. The fourth-order valence-electron chi connectivity index (χ4n) is 2.51. The summed E-state index contributed by atoms with van der Waals surface area (Å²) in [6.45, 7) is 6.05. The van der Waals surface area contributed by atoms with Crippen molar-refractivity contribution >= 4 is 45.0 Å². The number of fused-ring (bicyclic) bond motifs is 1. The summed E-state index contributed by atoms with van der Waals surface area (Å²) >= 11 is 4.10. The van der Waals surface area contributed by atoms with E-state index in [0.717, 1.165) is 11.3 Å². The summed E-state index contributed by atoms with van der Waals surface area (Å²) in [5, 5.41) is 2.60. The number of thiophene rings is 1. The van der Waals surface area contributed by atoms with E-state index >= 15 is 0 Å². The molecule has 2 rings (SSSR count). The molecule has 0 radical (unpaired) electrons. The number of anilines is 1. The third kappa shape index (κ3) is 5.44. The van der Waals surface area contributed by atoms with E-state index in [1.165, 1.54) is 12.0 Å².